The lowest BCUT2D eigenvalue weighted by Crippen LogP contribution is -2.37. The van der Waals surface area contributed by atoms with E-state index in [2.05, 4.69) is 115 Å². The molecule has 10 nitrogen and oxygen atoms in total. The molecule has 0 radical (unpaired) electrons. The highest BCUT2D eigenvalue weighted by atomic mass is 19.1. The summed E-state index contributed by atoms with van der Waals surface area (Å²) >= 11 is 0. The molecule has 378 valence electrons. The Morgan fingerprint density at radius 1 is 0.554 bits per heavy atom. The minimum atomic E-state index is -0.558. The molecule has 10 rings (SSSR count). The highest BCUT2D eigenvalue weighted by Crippen LogP contribution is 2.45. The van der Waals surface area contributed by atoms with E-state index in [-0.39, 0.29) is 60.8 Å². The van der Waals surface area contributed by atoms with E-state index in [1.165, 1.54) is 54.8 Å². The van der Waals surface area contributed by atoms with Gasteiger partial charge in [-0.05, 0) is 118 Å². The second kappa shape index (κ2) is 22.1. The summed E-state index contributed by atoms with van der Waals surface area (Å²) in [6, 6.07) is 50.7. The van der Waals surface area contributed by atoms with Crippen LogP contribution in [0.4, 0.5) is 8.78 Å². The van der Waals surface area contributed by atoms with E-state index in [4.69, 9.17) is 28.4 Å². The van der Waals surface area contributed by atoms with Gasteiger partial charge in [-0.15, -0.1) is 0 Å². The number of carbonyl (C=O) groups excluding carboxylic acids is 2. The third-order valence-corrected chi connectivity index (χ3v) is 14.4. The van der Waals surface area contributed by atoms with Crippen molar-refractivity contribution in [2.75, 3.05) is 40.5 Å². The number of hydrogen-bond donors (Lipinski definition) is 2. The van der Waals surface area contributed by atoms with E-state index in [1.54, 1.807) is 12.1 Å². The van der Waals surface area contributed by atoms with Gasteiger partial charge in [-0.25, -0.2) is 18.4 Å². The highest BCUT2D eigenvalue weighted by Gasteiger charge is 2.33. The number of hydrogen-bond acceptors (Lipinski definition) is 10. The van der Waals surface area contributed by atoms with Gasteiger partial charge in [0.15, 0.2) is 13.2 Å². The molecular weight excluding hydrogens is 939 g/mol. The molecule has 2 N–H and O–H groups in total. The Hall–Kier alpha value is -7.80. The Labute approximate surface area is 429 Å². The van der Waals surface area contributed by atoms with E-state index in [0.29, 0.717) is 37.2 Å². The molecule has 12 heteroatoms. The maximum atomic E-state index is 15.4. The van der Waals surface area contributed by atoms with Gasteiger partial charge in [0.1, 0.15) is 46.8 Å². The minimum Gasteiger partial charge on any atom is -0.489 e. The van der Waals surface area contributed by atoms with Gasteiger partial charge in [0.25, 0.3) is 0 Å². The summed E-state index contributed by atoms with van der Waals surface area (Å²) in [6.07, 6.45) is 0.643. The van der Waals surface area contributed by atoms with Crippen LogP contribution in [-0.2, 0) is 19.1 Å². The van der Waals surface area contributed by atoms with Gasteiger partial charge in [-0.1, -0.05) is 109 Å². The SMILES string of the molecule is COC(=O)COc1cc(F)cc([C@H]2C[C@H](CN[C@H](C)c3cccc4c(-c5ccc6c(c5)O[C@@H](CN[C@H](C)c5cccc7ccccc57)C[C@H]6c5cc(F)cc(OCC(=O)OC)c5)cccc34)Oc3ccccc32)c1. The van der Waals surface area contributed by atoms with Crippen LogP contribution < -0.4 is 29.6 Å². The topological polar surface area (TPSA) is 114 Å². The van der Waals surface area contributed by atoms with Gasteiger partial charge in [0, 0.05) is 60.3 Å². The van der Waals surface area contributed by atoms with Gasteiger partial charge < -0.3 is 39.1 Å². The van der Waals surface area contributed by atoms with Crippen molar-refractivity contribution in [2.24, 2.45) is 0 Å². The van der Waals surface area contributed by atoms with Crippen LogP contribution in [-0.4, -0.2) is 64.7 Å². The summed E-state index contributed by atoms with van der Waals surface area (Å²) in [5.41, 5.74) is 7.64. The molecule has 8 aromatic carbocycles. The molecular formula is C62H58F2N2O8. The number of carbonyl (C=O) groups is 2. The minimum absolute atomic E-state index is 0.0182. The number of esters is 2. The molecule has 6 atom stereocenters. The first kappa shape index (κ1) is 49.8. The zero-order chi connectivity index (χ0) is 51.3. The lowest BCUT2D eigenvalue weighted by molar-refractivity contribution is -0.143. The normalized spacial score (nSPS) is 17.8. The first-order chi connectivity index (χ1) is 36.0. The van der Waals surface area contributed by atoms with E-state index in [9.17, 15) is 9.59 Å². The molecule has 0 amide bonds. The van der Waals surface area contributed by atoms with Gasteiger partial charge >= 0.3 is 11.9 Å². The number of methoxy groups -OCH3 is 2. The molecule has 74 heavy (non-hydrogen) atoms. The van der Waals surface area contributed by atoms with E-state index in [1.807, 2.05) is 30.3 Å². The van der Waals surface area contributed by atoms with Crippen molar-refractivity contribution in [3.05, 3.63) is 203 Å². The van der Waals surface area contributed by atoms with Crippen LogP contribution in [0, 0.1) is 11.6 Å². The van der Waals surface area contributed by atoms with Crippen LogP contribution in [0.5, 0.6) is 23.0 Å². The van der Waals surface area contributed by atoms with E-state index in [0.717, 1.165) is 49.9 Å². The maximum absolute atomic E-state index is 15.4. The number of ether oxygens (including phenoxy) is 6. The van der Waals surface area contributed by atoms with E-state index < -0.39 is 23.6 Å². The number of benzene rings is 8. The van der Waals surface area contributed by atoms with Gasteiger partial charge in [0.2, 0.25) is 0 Å². The van der Waals surface area contributed by atoms with Crippen molar-refractivity contribution in [2.45, 2.75) is 62.8 Å². The fourth-order valence-electron chi connectivity index (χ4n) is 10.7. The van der Waals surface area contributed by atoms with Crippen molar-refractivity contribution in [3.63, 3.8) is 0 Å². The monoisotopic (exact) mass is 996 g/mol. The molecule has 0 saturated heterocycles. The molecule has 8 aromatic rings. The molecule has 0 unspecified atom stereocenters. The van der Waals surface area contributed by atoms with E-state index >= 15 is 8.78 Å². The quantitative estimate of drug-likeness (QED) is 0.0855. The van der Waals surface area contributed by atoms with Crippen LogP contribution in [0.2, 0.25) is 0 Å². The molecule has 2 aliphatic heterocycles. The molecule has 0 aromatic heterocycles. The van der Waals surface area contributed by atoms with Gasteiger partial charge in [0.05, 0.1) is 14.2 Å². The van der Waals surface area contributed by atoms with Crippen LogP contribution >= 0.6 is 0 Å². The highest BCUT2D eigenvalue weighted by molar-refractivity contribution is 5.99. The molecule has 0 spiro atoms. The second-order valence-electron chi connectivity index (χ2n) is 19.1. The zero-order valence-corrected chi connectivity index (χ0v) is 41.7. The standard InChI is InChI=1S/C62H58F2N2O8/c1-37(49-16-9-13-39-12-5-6-14-51(39)49)65-34-48-32-58(42-25-44(64)30-46(27-42)72-36-62(68)70-4)56-23-22-40(28-60(56)74-48)52-18-11-19-53-50(17-10-20-54(52)53)38(2)66-33-47-31-57(55-15-7-8-21-59(55)73-47)41-24-43(63)29-45(26-41)71-35-61(67)69-3/h5-30,37-38,47-48,57-58,65-66H,31-36H2,1-4H3/t37-,38-,47-,48-,57-,58+/m1/s1. The Bertz CT molecular complexity index is 3340. The number of fused-ring (bicyclic) bond motifs is 4. The smallest absolute Gasteiger partial charge is 0.343 e. The predicted octanol–water partition coefficient (Wildman–Crippen LogP) is 12.3. The Balaban J connectivity index is 0.908. The van der Waals surface area contributed by atoms with Crippen molar-refractivity contribution in [1.29, 1.82) is 0 Å². The third kappa shape index (κ3) is 10.9. The molecule has 0 aliphatic carbocycles. The van der Waals surface area contributed by atoms with Crippen LogP contribution in [0.25, 0.3) is 32.7 Å². The largest absolute Gasteiger partial charge is 0.489 e. The number of para-hydroxylation sites is 1. The molecule has 0 bridgehead atoms. The zero-order valence-electron chi connectivity index (χ0n) is 41.7. The summed E-state index contributed by atoms with van der Waals surface area (Å²) in [5, 5.41) is 12.0. The molecule has 0 fully saturated rings. The lowest BCUT2D eigenvalue weighted by atomic mass is 9.82. The molecule has 2 aliphatic rings. The summed E-state index contributed by atoms with van der Waals surface area (Å²) in [5.74, 6) is -0.518. The average molecular weight is 997 g/mol. The first-order valence-electron chi connectivity index (χ1n) is 25.0. The summed E-state index contributed by atoms with van der Waals surface area (Å²) in [6.45, 7) is 4.70. The van der Waals surface area contributed by atoms with Crippen molar-refractivity contribution >= 4 is 33.5 Å². The Kier molecular flexibility index (Phi) is 14.9. The Morgan fingerprint density at radius 2 is 1.07 bits per heavy atom. The van der Waals surface area contributed by atoms with Crippen molar-refractivity contribution < 1.29 is 46.8 Å². The lowest BCUT2D eigenvalue weighted by Gasteiger charge is -2.34. The first-order valence-corrected chi connectivity index (χ1v) is 25.0. The predicted molar refractivity (Wildman–Crippen MR) is 282 cm³/mol. The summed E-state index contributed by atoms with van der Waals surface area (Å²) in [4.78, 5) is 23.8. The number of rotatable bonds is 17. The molecule has 2 heterocycles. The van der Waals surface area contributed by atoms with Crippen LogP contribution in [0.1, 0.15) is 84.0 Å². The van der Waals surface area contributed by atoms with Crippen molar-refractivity contribution in [3.8, 4) is 34.1 Å². The maximum Gasteiger partial charge on any atom is 0.343 e. The molecule has 0 saturated carbocycles. The summed E-state index contributed by atoms with van der Waals surface area (Å²) in [7, 11) is 2.56. The van der Waals surface area contributed by atoms with Gasteiger partial charge in [-0.3, -0.25) is 0 Å². The van der Waals surface area contributed by atoms with Gasteiger partial charge in [-0.2, -0.15) is 0 Å². The third-order valence-electron chi connectivity index (χ3n) is 14.4. The second-order valence-corrected chi connectivity index (χ2v) is 19.1. The number of nitrogens with one attached hydrogen (secondary N) is 2. The summed E-state index contributed by atoms with van der Waals surface area (Å²) < 4.78 is 64.8. The Morgan fingerprint density at radius 3 is 1.72 bits per heavy atom. The van der Waals surface area contributed by atoms with Crippen LogP contribution in [0.3, 0.4) is 0 Å². The fourth-order valence-corrected chi connectivity index (χ4v) is 10.7. The van der Waals surface area contributed by atoms with Crippen LogP contribution in [0.15, 0.2) is 158 Å². The fraction of sp³-hybridized carbons (Fsp3) is 0.258. The average Bonchev–Trinajstić information content (AvgIpc) is 3.43. The van der Waals surface area contributed by atoms with Crippen molar-refractivity contribution in [1.82, 2.24) is 10.6 Å². The number of halogens is 2.